The predicted molar refractivity (Wildman–Crippen MR) is 112 cm³/mol. The molecule has 0 fully saturated rings. The Balaban J connectivity index is 2.39. The maximum absolute atomic E-state index is 12.9. The lowest BCUT2D eigenvalue weighted by molar-refractivity contribution is -0.117. The predicted octanol–water partition coefficient (Wildman–Crippen LogP) is 4.39. The van der Waals surface area contributed by atoms with Crippen molar-refractivity contribution in [2.24, 2.45) is 0 Å². The van der Waals surface area contributed by atoms with Crippen molar-refractivity contribution < 1.29 is 13.2 Å². The fourth-order valence-electron chi connectivity index (χ4n) is 2.90. The van der Waals surface area contributed by atoms with Crippen LogP contribution in [0.5, 0.6) is 0 Å². The van der Waals surface area contributed by atoms with Crippen LogP contribution in [0.4, 0.5) is 11.4 Å². The number of hydrogen-bond donors (Lipinski definition) is 1. The summed E-state index contributed by atoms with van der Waals surface area (Å²) in [4.78, 5) is 12.9. The molecule has 0 aliphatic rings. The first-order valence-electron chi connectivity index (χ1n) is 8.82. The molecular formula is C20H25ClN2O3S. The van der Waals surface area contributed by atoms with Gasteiger partial charge < -0.3 is 5.32 Å². The average molecular weight is 409 g/mol. The molecule has 0 aliphatic carbocycles. The van der Waals surface area contributed by atoms with Crippen LogP contribution in [0.2, 0.25) is 5.02 Å². The molecule has 0 radical (unpaired) electrons. The summed E-state index contributed by atoms with van der Waals surface area (Å²) < 4.78 is 26.2. The van der Waals surface area contributed by atoms with Gasteiger partial charge in [0.2, 0.25) is 15.9 Å². The zero-order valence-electron chi connectivity index (χ0n) is 16.0. The second kappa shape index (κ2) is 8.76. The van der Waals surface area contributed by atoms with Gasteiger partial charge in [-0.2, -0.15) is 0 Å². The molecule has 1 atom stereocenters. The largest absolute Gasteiger partial charge is 0.324 e. The first-order valence-corrected chi connectivity index (χ1v) is 11.0. The molecule has 0 bridgehead atoms. The second-order valence-corrected chi connectivity index (χ2v) is 8.75. The van der Waals surface area contributed by atoms with Gasteiger partial charge in [0.1, 0.15) is 6.04 Å². The fraction of sp³-hybridized carbons (Fsp3) is 0.350. The van der Waals surface area contributed by atoms with Crippen LogP contribution in [0.25, 0.3) is 0 Å². The van der Waals surface area contributed by atoms with Crippen molar-refractivity contribution in [2.75, 3.05) is 15.9 Å². The standard InChI is InChI=1S/C20H25ClN2O3S/c1-5-15-8-11-17(12-9-15)22-20(24)18(6-2)23(27(4,25)26)19-13-16(21)10-7-14(19)3/h7-13,18H,5-6H2,1-4H3,(H,22,24). The lowest BCUT2D eigenvalue weighted by Crippen LogP contribution is -2.47. The summed E-state index contributed by atoms with van der Waals surface area (Å²) in [6, 6.07) is 11.6. The van der Waals surface area contributed by atoms with Gasteiger partial charge in [-0.3, -0.25) is 9.10 Å². The quantitative estimate of drug-likeness (QED) is 0.738. The van der Waals surface area contributed by atoms with Gasteiger partial charge in [-0.05, 0) is 55.2 Å². The molecular weight excluding hydrogens is 384 g/mol. The van der Waals surface area contributed by atoms with Gasteiger partial charge in [-0.1, -0.05) is 43.6 Å². The van der Waals surface area contributed by atoms with Crippen LogP contribution in [-0.4, -0.2) is 26.6 Å². The van der Waals surface area contributed by atoms with Crippen LogP contribution < -0.4 is 9.62 Å². The van der Waals surface area contributed by atoms with Crippen LogP contribution in [0.15, 0.2) is 42.5 Å². The van der Waals surface area contributed by atoms with E-state index in [-0.39, 0.29) is 5.91 Å². The number of anilines is 2. The van der Waals surface area contributed by atoms with Gasteiger partial charge in [0.05, 0.1) is 11.9 Å². The molecule has 2 aromatic carbocycles. The van der Waals surface area contributed by atoms with E-state index in [0.717, 1.165) is 28.1 Å². The van der Waals surface area contributed by atoms with Crippen molar-refractivity contribution in [1.82, 2.24) is 0 Å². The Morgan fingerprint density at radius 3 is 2.30 bits per heavy atom. The number of halogens is 1. The first-order chi connectivity index (χ1) is 12.7. The molecule has 146 valence electrons. The topological polar surface area (TPSA) is 66.5 Å². The molecule has 7 heteroatoms. The van der Waals surface area contributed by atoms with E-state index in [1.807, 2.05) is 24.3 Å². The highest BCUT2D eigenvalue weighted by atomic mass is 35.5. The van der Waals surface area contributed by atoms with Crippen molar-refractivity contribution in [1.29, 1.82) is 0 Å². The Kier molecular flexibility index (Phi) is 6.89. The highest BCUT2D eigenvalue weighted by Crippen LogP contribution is 2.29. The van der Waals surface area contributed by atoms with Gasteiger partial charge in [0, 0.05) is 10.7 Å². The summed E-state index contributed by atoms with van der Waals surface area (Å²) in [5.41, 5.74) is 2.93. The summed E-state index contributed by atoms with van der Waals surface area (Å²) in [5.74, 6) is -0.383. The van der Waals surface area contributed by atoms with Gasteiger partial charge in [0.15, 0.2) is 0 Å². The minimum Gasteiger partial charge on any atom is -0.324 e. The molecule has 1 amide bonds. The fourth-order valence-corrected chi connectivity index (χ4v) is 4.33. The number of aryl methyl sites for hydroxylation is 2. The first kappa shape index (κ1) is 21.3. The van der Waals surface area contributed by atoms with Crippen molar-refractivity contribution in [3.63, 3.8) is 0 Å². The molecule has 0 aliphatic heterocycles. The molecule has 5 nitrogen and oxygen atoms in total. The molecule has 0 aromatic heterocycles. The van der Waals surface area contributed by atoms with Crippen LogP contribution in [0, 0.1) is 6.92 Å². The van der Waals surface area contributed by atoms with Crippen molar-refractivity contribution in [3.05, 3.63) is 58.6 Å². The molecule has 0 spiro atoms. The Labute approximate surface area is 166 Å². The highest BCUT2D eigenvalue weighted by Gasteiger charge is 2.32. The molecule has 1 N–H and O–H groups in total. The van der Waals surface area contributed by atoms with E-state index < -0.39 is 16.1 Å². The average Bonchev–Trinajstić information content (AvgIpc) is 2.61. The van der Waals surface area contributed by atoms with Crippen molar-refractivity contribution in [3.8, 4) is 0 Å². The van der Waals surface area contributed by atoms with E-state index in [9.17, 15) is 13.2 Å². The number of carbonyl (C=O) groups is 1. The molecule has 0 heterocycles. The zero-order valence-corrected chi connectivity index (χ0v) is 17.6. The Morgan fingerprint density at radius 1 is 1.15 bits per heavy atom. The number of carbonyl (C=O) groups excluding carboxylic acids is 1. The number of sulfonamides is 1. The Morgan fingerprint density at radius 2 is 1.78 bits per heavy atom. The molecule has 2 aromatic rings. The third-order valence-electron chi connectivity index (χ3n) is 4.37. The van der Waals surface area contributed by atoms with Crippen LogP contribution in [-0.2, 0) is 21.2 Å². The van der Waals surface area contributed by atoms with Gasteiger partial charge in [0.25, 0.3) is 0 Å². The number of hydrogen-bond acceptors (Lipinski definition) is 3. The third-order valence-corrected chi connectivity index (χ3v) is 5.77. The van der Waals surface area contributed by atoms with Crippen molar-refractivity contribution >= 4 is 38.9 Å². The zero-order chi connectivity index (χ0) is 20.2. The molecule has 2 rings (SSSR count). The third kappa shape index (κ3) is 5.23. The molecule has 27 heavy (non-hydrogen) atoms. The van der Waals surface area contributed by atoms with Crippen LogP contribution in [0.3, 0.4) is 0 Å². The Bertz CT molecular complexity index is 911. The summed E-state index contributed by atoms with van der Waals surface area (Å²) in [7, 11) is -3.70. The van der Waals surface area contributed by atoms with Gasteiger partial charge in [-0.15, -0.1) is 0 Å². The molecule has 0 saturated heterocycles. The smallest absolute Gasteiger partial charge is 0.248 e. The summed E-state index contributed by atoms with van der Waals surface area (Å²) in [5, 5.41) is 3.23. The minimum atomic E-state index is -3.70. The molecule has 0 saturated carbocycles. The van der Waals surface area contributed by atoms with E-state index in [1.165, 1.54) is 0 Å². The summed E-state index contributed by atoms with van der Waals surface area (Å²) in [6.07, 6.45) is 2.32. The summed E-state index contributed by atoms with van der Waals surface area (Å²) >= 11 is 6.07. The van der Waals surface area contributed by atoms with E-state index >= 15 is 0 Å². The van der Waals surface area contributed by atoms with E-state index in [4.69, 9.17) is 11.6 Å². The Hall–Kier alpha value is -2.05. The highest BCUT2D eigenvalue weighted by molar-refractivity contribution is 7.92. The lowest BCUT2D eigenvalue weighted by atomic mass is 10.1. The molecule has 1 unspecified atom stereocenters. The van der Waals surface area contributed by atoms with E-state index in [2.05, 4.69) is 12.2 Å². The number of amides is 1. The van der Waals surface area contributed by atoms with Gasteiger partial charge >= 0.3 is 0 Å². The minimum absolute atomic E-state index is 0.317. The van der Waals surface area contributed by atoms with Crippen LogP contribution >= 0.6 is 11.6 Å². The van der Waals surface area contributed by atoms with Crippen LogP contribution in [0.1, 0.15) is 31.4 Å². The maximum Gasteiger partial charge on any atom is 0.248 e. The SMILES string of the molecule is CCc1ccc(NC(=O)C(CC)N(c2cc(Cl)ccc2C)S(C)(=O)=O)cc1. The number of nitrogens with zero attached hydrogens (tertiary/aromatic N) is 1. The second-order valence-electron chi connectivity index (χ2n) is 6.45. The number of rotatable bonds is 7. The van der Waals surface area contributed by atoms with Gasteiger partial charge in [-0.25, -0.2) is 8.42 Å². The number of nitrogens with one attached hydrogen (secondary N) is 1. The normalized spacial score (nSPS) is 12.5. The summed E-state index contributed by atoms with van der Waals surface area (Å²) in [6.45, 7) is 5.62. The lowest BCUT2D eigenvalue weighted by Gasteiger charge is -2.31. The van der Waals surface area contributed by atoms with E-state index in [0.29, 0.717) is 22.8 Å². The maximum atomic E-state index is 12.9. The van der Waals surface area contributed by atoms with Crippen molar-refractivity contribution in [2.45, 2.75) is 39.7 Å². The number of benzene rings is 2. The monoisotopic (exact) mass is 408 g/mol. The van der Waals surface area contributed by atoms with E-state index in [1.54, 1.807) is 32.0 Å².